The van der Waals surface area contributed by atoms with Gasteiger partial charge in [-0.25, -0.2) is 9.97 Å². The fourth-order valence-corrected chi connectivity index (χ4v) is 3.57. The maximum atomic E-state index is 12.0. The first-order valence-corrected chi connectivity index (χ1v) is 8.29. The summed E-state index contributed by atoms with van der Waals surface area (Å²) in [5.74, 6) is 0.995. The van der Waals surface area contributed by atoms with Crippen LogP contribution in [0.4, 0.5) is 5.82 Å². The molecule has 0 unspecified atom stereocenters. The largest absolute Gasteiger partial charge is 0.351 e. The van der Waals surface area contributed by atoms with Crippen LogP contribution in [-0.2, 0) is 11.2 Å². The molecule has 3 aromatic rings. The van der Waals surface area contributed by atoms with Gasteiger partial charge in [0.1, 0.15) is 12.1 Å². The number of fused-ring (bicyclic) bond motifs is 1. The zero-order valence-corrected chi connectivity index (χ0v) is 13.2. The van der Waals surface area contributed by atoms with E-state index in [0.717, 1.165) is 34.7 Å². The van der Waals surface area contributed by atoms with Crippen molar-refractivity contribution in [1.82, 2.24) is 20.3 Å². The van der Waals surface area contributed by atoms with Crippen molar-refractivity contribution in [2.45, 2.75) is 12.5 Å². The Morgan fingerprint density at radius 1 is 1.35 bits per heavy atom. The number of rotatable bonds is 4. The molecule has 1 N–H and O–H groups in total. The van der Waals surface area contributed by atoms with E-state index in [1.165, 1.54) is 0 Å². The molecule has 0 spiro atoms. The second-order valence-corrected chi connectivity index (χ2v) is 6.46. The van der Waals surface area contributed by atoms with Crippen molar-refractivity contribution in [3.8, 4) is 0 Å². The van der Waals surface area contributed by atoms with Gasteiger partial charge in [0.15, 0.2) is 0 Å². The first-order chi connectivity index (χ1) is 11.3. The molecule has 0 saturated carbocycles. The summed E-state index contributed by atoms with van der Waals surface area (Å²) in [5.41, 5.74) is 1.90. The number of nitrogens with zero attached hydrogens (tertiary/aromatic N) is 4. The van der Waals surface area contributed by atoms with Crippen molar-refractivity contribution in [2.75, 3.05) is 18.0 Å². The number of thiophene rings is 1. The van der Waals surface area contributed by atoms with Gasteiger partial charge in [0, 0.05) is 25.5 Å². The third-order valence-corrected chi connectivity index (χ3v) is 4.76. The topological polar surface area (TPSA) is 71.0 Å². The van der Waals surface area contributed by atoms with Crippen molar-refractivity contribution in [1.29, 1.82) is 0 Å². The van der Waals surface area contributed by atoms with Gasteiger partial charge in [0.25, 0.3) is 0 Å². The molecule has 0 aliphatic carbocycles. The zero-order chi connectivity index (χ0) is 15.6. The second kappa shape index (κ2) is 5.92. The number of amides is 1. The predicted octanol–water partition coefficient (Wildman–Crippen LogP) is 1.63. The highest BCUT2D eigenvalue weighted by Crippen LogP contribution is 2.30. The lowest BCUT2D eigenvalue weighted by atomic mass is 10.1. The summed E-state index contributed by atoms with van der Waals surface area (Å²) in [7, 11) is 0. The van der Waals surface area contributed by atoms with Crippen LogP contribution in [-0.4, -0.2) is 40.0 Å². The molecule has 1 amide bonds. The molecule has 0 atom stereocenters. The van der Waals surface area contributed by atoms with Gasteiger partial charge in [-0.3, -0.25) is 9.78 Å². The summed E-state index contributed by atoms with van der Waals surface area (Å²) in [6.07, 6.45) is 5.39. The van der Waals surface area contributed by atoms with Crippen LogP contribution in [0, 0.1) is 0 Å². The van der Waals surface area contributed by atoms with E-state index in [-0.39, 0.29) is 11.9 Å². The maximum absolute atomic E-state index is 12.0. The minimum atomic E-state index is 0.0339. The lowest BCUT2D eigenvalue weighted by Gasteiger charge is -2.40. The number of carbonyl (C=O) groups excluding carboxylic acids is 1. The molecule has 3 aromatic heterocycles. The average molecular weight is 325 g/mol. The van der Waals surface area contributed by atoms with Gasteiger partial charge < -0.3 is 10.2 Å². The van der Waals surface area contributed by atoms with E-state index in [2.05, 4.69) is 25.2 Å². The quantitative estimate of drug-likeness (QED) is 0.789. The molecule has 6 nitrogen and oxygen atoms in total. The molecule has 1 saturated heterocycles. The van der Waals surface area contributed by atoms with Crippen LogP contribution in [0.2, 0.25) is 0 Å². The smallest absolute Gasteiger partial charge is 0.224 e. The molecule has 0 bridgehead atoms. The Bertz CT molecular complexity index is 829. The molecule has 116 valence electrons. The van der Waals surface area contributed by atoms with Crippen molar-refractivity contribution in [2.24, 2.45) is 0 Å². The van der Waals surface area contributed by atoms with Gasteiger partial charge in [-0.15, -0.1) is 11.3 Å². The van der Waals surface area contributed by atoms with Gasteiger partial charge in [0.05, 0.1) is 22.7 Å². The Morgan fingerprint density at radius 3 is 3.09 bits per heavy atom. The molecular formula is C16H15N5OS. The van der Waals surface area contributed by atoms with Crippen molar-refractivity contribution < 1.29 is 4.79 Å². The van der Waals surface area contributed by atoms with Crippen LogP contribution in [0.15, 0.2) is 42.3 Å². The van der Waals surface area contributed by atoms with Gasteiger partial charge in [-0.2, -0.15) is 0 Å². The fraction of sp³-hybridized carbons (Fsp3) is 0.250. The number of pyridine rings is 1. The predicted molar refractivity (Wildman–Crippen MR) is 89.5 cm³/mol. The van der Waals surface area contributed by atoms with Crippen molar-refractivity contribution in [3.63, 3.8) is 0 Å². The number of carbonyl (C=O) groups is 1. The lowest BCUT2D eigenvalue weighted by Crippen LogP contribution is -2.60. The van der Waals surface area contributed by atoms with Crippen molar-refractivity contribution in [3.05, 3.63) is 47.9 Å². The van der Waals surface area contributed by atoms with E-state index in [4.69, 9.17) is 0 Å². The summed E-state index contributed by atoms with van der Waals surface area (Å²) in [6, 6.07) is 5.92. The van der Waals surface area contributed by atoms with Crippen LogP contribution in [0.25, 0.3) is 10.2 Å². The third-order valence-electron chi connectivity index (χ3n) is 3.86. The summed E-state index contributed by atoms with van der Waals surface area (Å²) >= 11 is 1.65. The highest BCUT2D eigenvalue weighted by atomic mass is 32.1. The second-order valence-electron chi connectivity index (χ2n) is 5.54. The molecule has 1 aliphatic rings. The molecule has 4 heterocycles. The first kappa shape index (κ1) is 14.1. The number of anilines is 1. The average Bonchev–Trinajstić information content (AvgIpc) is 3.00. The molecule has 23 heavy (non-hydrogen) atoms. The minimum Gasteiger partial charge on any atom is -0.351 e. The van der Waals surface area contributed by atoms with E-state index in [0.29, 0.717) is 6.42 Å². The summed E-state index contributed by atoms with van der Waals surface area (Å²) < 4.78 is 1.10. The minimum absolute atomic E-state index is 0.0339. The maximum Gasteiger partial charge on any atom is 0.224 e. The standard InChI is InChI=1S/C16H15N5OS/c22-14(6-11-2-1-4-17-7-11)20-12-8-21(9-12)16-15-13(3-5-23-15)18-10-19-16/h1-5,7,10,12H,6,8-9H2,(H,20,22). The van der Waals surface area contributed by atoms with Gasteiger partial charge in [-0.1, -0.05) is 6.07 Å². The summed E-state index contributed by atoms with van der Waals surface area (Å²) in [6.45, 7) is 1.56. The monoisotopic (exact) mass is 325 g/mol. The normalized spacial score (nSPS) is 14.7. The van der Waals surface area contributed by atoms with Crippen LogP contribution in [0.1, 0.15) is 5.56 Å². The Labute approximate surface area is 137 Å². The van der Waals surface area contributed by atoms with Crippen molar-refractivity contribution >= 4 is 33.3 Å². The summed E-state index contributed by atoms with van der Waals surface area (Å²) in [4.78, 5) is 26.9. The van der Waals surface area contributed by atoms with Gasteiger partial charge in [-0.05, 0) is 23.1 Å². The van der Waals surface area contributed by atoms with Crippen LogP contribution in [0.3, 0.4) is 0 Å². The van der Waals surface area contributed by atoms with E-state index in [1.807, 2.05) is 23.6 Å². The Morgan fingerprint density at radius 2 is 2.26 bits per heavy atom. The molecule has 0 radical (unpaired) electrons. The molecular weight excluding hydrogens is 310 g/mol. The molecule has 7 heteroatoms. The van der Waals surface area contributed by atoms with E-state index < -0.39 is 0 Å². The van der Waals surface area contributed by atoms with Gasteiger partial charge >= 0.3 is 0 Å². The van der Waals surface area contributed by atoms with Crippen LogP contribution in [0.5, 0.6) is 0 Å². The van der Waals surface area contributed by atoms with E-state index in [1.54, 1.807) is 30.1 Å². The van der Waals surface area contributed by atoms with Gasteiger partial charge in [0.2, 0.25) is 5.91 Å². The number of hydrogen-bond donors (Lipinski definition) is 1. The highest BCUT2D eigenvalue weighted by molar-refractivity contribution is 7.17. The summed E-state index contributed by atoms with van der Waals surface area (Å²) in [5, 5.41) is 5.08. The van der Waals surface area contributed by atoms with Crippen LogP contribution >= 0.6 is 11.3 Å². The van der Waals surface area contributed by atoms with Crippen LogP contribution < -0.4 is 10.2 Å². The first-order valence-electron chi connectivity index (χ1n) is 7.41. The number of hydrogen-bond acceptors (Lipinski definition) is 6. The molecule has 4 rings (SSSR count). The number of aromatic nitrogens is 3. The van der Waals surface area contributed by atoms with E-state index in [9.17, 15) is 4.79 Å². The zero-order valence-electron chi connectivity index (χ0n) is 12.3. The SMILES string of the molecule is O=C(Cc1cccnc1)NC1CN(c2ncnc3ccsc23)C1. The lowest BCUT2D eigenvalue weighted by molar-refractivity contribution is -0.121. The Kier molecular flexibility index (Phi) is 3.63. The Hall–Kier alpha value is -2.54. The molecule has 1 fully saturated rings. The van der Waals surface area contributed by atoms with E-state index >= 15 is 0 Å². The third kappa shape index (κ3) is 2.87. The molecule has 0 aromatic carbocycles. The number of nitrogens with one attached hydrogen (secondary N) is 1. The highest BCUT2D eigenvalue weighted by Gasteiger charge is 2.30. The molecule has 1 aliphatic heterocycles. The fourth-order valence-electron chi connectivity index (χ4n) is 2.71. The Balaban J connectivity index is 1.35.